The van der Waals surface area contributed by atoms with Crippen molar-refractivity contribution in [3.05, 3.63) is 53.8 Å². The largest absolute Gasteiger partial charge is 0.279 e. The highest BCUT2D eigenvalue weighted by Gasteiger charge is 2.20. The van der Waals surface area contributed by atoms with Gasteiger partial charge in [0.25, 0.3) is 10.0 Å². The second-order valence-electron chi connectivity index (χ2n) is 5.29. The molecular weight excluding hydrogens is 377 g/mol. The molecule has 0 aliphatic rings. The summed E-state index contributed by atoms with van der Waals surface area (Å²) in [6, 6.07) is 10.3. The number of hydrogen-bond acceptors (Lipinski definition) is 7. The van der Waals surface area contributed by atoms with Crippen molar-refractivity contribution in [2.45, 2.75) is 17.0 Å². The maximum atomic E-state index is 14.4. The summed E-state index contributed by atoms with van der Waals surface area (Å²) in [6.07, 6.45) is 1.75. The average molecular weight is 391 g/mol. The molecule has 26 heavy (non-hydrogen) atoms. The lowest BCUT2D eigenvalue weighted by atomic mass is 10.1. The zero-order chi connectivity index (χ0) is 18.7. The van der Waals surface area contributed by atoms with E-state index in [9.17, 15) is 12.8 Å². The summed E-state index contributed by atoms with van der Waals surface area (Å²) < 4.78 is 42.0. The summed E-state index contributed by atoms with van der Waals surface area (Å²) in [4.78, 5) is 0.0632. The molecule has 0 aliphatic carbocycles. The van der Waals surface area contributed by atoms with Gasteiger partial charge in [-0.2, -0.15) is 0 Å². The van der Waals surface area contributed by atoms with Gasteiger partial charge >= 0.3 is 0 Å². The molecule has 0 saturated carbocycles. The number of thioether (sulfide) groups is 1. The standard InChI is InChI=1S/C16H14FN5O2S2/c1-10-6-8-11(9-7-10)26(23,24)22-13-5-3-4-12(17)14(13)15-18-20-16(25-2)21-19-15/h3-9,22H,1-2H3. The molecule has 0 spiro atoms. The van der Waals surface area contributed by atoms with Crippen LogP contribution in [0.4, 0.5) is 10.1 Å². The molecule has 10 heteroatoms. The van der Waals surface area contributed by atoms with Crippen LogP contribution in [0.2, 0.25) is 0 Å². The molecule has 0 bridgehead atoms. The third-order valence-corrected chi connectivity index (χ3v) is 5.37. The lowest BCUT2D eigenvalue weighted by Gasteiger charge is -2.12. The number of sulfonamides is 1. The van der Waals surface area contributed by atoms with Gasteiger partial charge in [-0.25, -0.2) is 12.8 Å². The molecule has 0 radical (unpaired) electrons. The third-order valence-electron chi connectivity index (χ3n) is 3.46. The fourth-order valence-electron chi connectivity index (χ4n) is 2.16. The number of rotatable bonds is 5. The Morgan fingerprint density at radius 3 is 2.27 bits per heavy atom. The van der Waals surface area contributed by atoms with E-state index in [1.54, 1.807) is 18.4 Å². The highest BCUT2D eigenvalue weighted by atomic mass is 32.2. The molecule has 1 N–H and O–H groups in total. The van der Waals surface area contributed by atoms with Gasteiger partial charge in [0.1, 0.15) is 5.82 Å². The van der Waals surface area contributed by atoms with Gasteiger partial charge in [-0.3, -0.25) is 4.72 Å². The van der Waals surface area contributed by atoms with E-state index in [2.05, 4.69) is 25.1 Å². The zero-order valence-corrected chi connectivity index (χ0v) is 15.5. The minimum Gasteiger partial charge on any atom is -0.279 e. The maximum Gasteiger partial charge on any atom is 0.261 e. The van der Waals surface area contributed by atoms with E-state index in [0.717, 1.165) is 5.56 Å². The molecule has 2 aromatic carbocycles. The number of benzene rings is 2. The van der Waals surface area contributed by atoms with E-state index in [0.29, 0.717) is 5.16 Å². The van der Waals surface area contributed by atoms with Crippen molar-refractivity contribution in [1.29, 1.82) is 0 Å². The van der Waals surface area contributed by atoms with Crippen LogP contribution in [0.1, 0.15) is 5.56 Å². The van der Waals surface area contributed by atoms with Crippen LogP contribution in [-0.4, -0.2) is 35.1 Å². The van der Waals surface area contributed by atoms with Crippen LogP contribution >= 0.6 is 11.8 Å². The summed E-state index contributed by atoms with van der Waals surface area (Å²) in [5.74, 6) is -0.794. The summed E-state index contributed by atoms with van der Waals surface area (Å²) in [7, 11) is -3.91. The van der Waals surface area contributed by atoms with E-state index in [1.165, 1.54) is 42.1 Å². The van der Waals surface area contributed by atoms with Crippen molar-refractivity contribution in [2.75, 3.05) is 11.0 Å². The second-order valence-corrected chi connectivity index (χ2v) is 7.75. The average Bonchev–Trinajstić information content (AvgIpc) is 2.62. The molecule has 3 aromatic rings. The lowest BCUT2D eigenvalue weighted by molar-refractivity contribution is 0.601. The fourth-order valence-corrected chi connectivity index (χ4v) is 3.48. The van der Waals surface area contributed by atoms with Crippen LogP contribution in [0.15, 0.2) is 52.5 Å². The maximum absolute atomic E-state index is 14.4. The Balaban J connectivity index is 2.03. The Morgan fingerprint density at radius 1 is 1.00 bits per heavy atom. The molecule has 0 unspecified atom stereocenters. The number of anilines is 1. The van der Waals surface area contributed by atoms with Crippen LogP contribution in [-0.2, 0) is 10.0 Å². The quantitative estimate of drug-likeness (QED) is 0.668. The van der Waals surface area contributed by atoms with E-state index in [1.807, 2.05) is 6.92 Å². The van der Waals surface area contributed by atoms with Crippen LogP contribution in [0.3, 0.4) is 0 Å². The third kappa shape index (κ3) is 3.81. The van der Waals surface area contributed by atoms with Gasteiger partial charge in [0, 0.05) is 0 Å². The van der Waals surface area contributed by atoms with Crippen molar-refractivity contribution in [3.8, 4) is 11.4 Å². The molecular formula is C16H14FN5O2S2. The summed E-state index contributed by atoms with van der Waals surface area (Å²) >= 11 is 1.24. The minimum atomic E-state index is -3.91. The van der Waals surface area contributed by atoms with Crippen molar-refractivity contribution < 1.29 is 12.8 Å². The van der Waals surface area contributed by atoms with Crippen LogP contribution in [0, 0.1) is 12.7 Å². The topological polar surface area (TPSA) is 97.7 Å². The summed E-state index contributed by atoms with van der Waals surface area (Å²) in [6.45, 7) is 1.85. The molecule has 3 rings (SSSR count). The van der Waals surface area contributed by atoms with Gasteiger partial charge in [0.05, 0.1) is 16.1 Å². The van der Waals surface area contributed by atoms with E-state index in [4.69, 9.17) is 0 Å². The summed E-state index contributed by atoms with van der Waals surface area (Å²) in [5.41, 5.74) is 0.816. The van der Waals surface area contributed by atoms with E-state index < -0.39 is 15.8 Å². The molecule has 0 atom stereocenters. The first-order chi connectivity index (χ1) is 12.4. The van der Waals surface area contributed by atoms with Gasteiger partial charge in [0.15, 0.2) is 0 Å². The van der Waals surface area contributed by atoms with Gasteiger partial charge < -0.3 is 0 Å². The monoisotopic (exact) mass is 391 g/mol. The number of nitrogens with one attached hydrogen (secondary N) is 1. The van der Waals surface area contributed by atoms with Crippen LogP contribution in [0.5, 0.6) is 0 Å². The number of halogens is 1. The molecule has 134 valence electrons. The molecule has 1 aromatic heterocycles. The van der Waals surface area contributed by atoms with Gasteiger partial charge in [-0.15, -0.1) is 20.4 Å². The van der Waals surface area contributed by atoms with Gasteiger partial charge in [-0.05, 0) is 37.4 Å². The second kappa shape index (κ2) is 7.34. The molecule has 0 aliphatic heterocycles. The highest BCUT2D eigenvalue weighted by molar-refractivity contribution is 7.98. The first kappa shape index (κ1) is 18.2. The predicted molar refractivity (Wildman–Crippen MR) is 96.8 cm³/mol. The SMILES string of the molecule is CSc1nnc(-c2c(F)cccc2NS(=O)(=O)c2ccc(C)cc2)nn1. The molecule has 0 fully saturated rings. The zero-order valence-electron chi connectivity index (χ0n) is 13.8. The van der Waals surface area contributed by atoms with Crippen molar-refractivity contribution in [2.24, 2.45) is 0 Å². The van der Waals surface area contributed by atoms with Crippen molar-refractivity contribution in [1.82, 2.24) is 20.4 Å². The first-order valence-corrected chi connectivity index (χ1v) is 10.1. The Labute approximate surface area is 154 Å². The number of aromatic nitrogens is 4. The fraction of sp³-hybridized carbons (Fsp3) is 0.125. The van der Waals surface area contributed by atoms with E-state index >= 15 is 0 Å². The Hall–Kier alpha value is -2.59. The molecule has 0 amide bonds. The highest BCUT2D eigenvalue weighted by Crippen LogP contribution is 2.29. The van der Waals surface area contributed by atoms with Crippen LogP contribution < -0.4 is 4.72 Å². The first-order valence-electron chi connectivity index (χ1n) is 7.40. The normalized spacial score (nSPS) is 11.3. The molecule has 1 heterocycles. The Bertz CT molecular complexity index is 1030. The number of aryl methyl sites for hydroxylation is 1. The van der Waals surface area contributed by atoms with E-state index in [-0.39, 0.29) is 22.0 Å². The van der Waals surface area contributed by atoms with Crippen molar-refractivity contribution in [3.63, 3.8) is 0 Å². The van der Waals surface area contributed by atoms with Crippen LogP contribution in [0.25, 0.3) is 11.4 Å². The number of nitrogens with zero attached hydrogens (tertiary/aromatic N) is 4. The molecule has 7 nitrogen and oxygen atoms in total. The number of hydrogen-bond donors (Lipinski definition) is 1. The van der Waals surface area contributed by atoms with Gasteiger partial charge in [-0.1, -0.05) is 35.5 Å². The smallest absolute Gasteiger partial charge is 0.261 e. The van der Waals surface area contributed by atoms with Crippen molar-refractivity contribution >= 4 is 27.5 Å². The van der Waals surface area contributed by atoms with Gasteiger partial charge in [0.2, 0.25) is 11.0 Å². The minimum absolute atomic E-state index is 0.00563. The predicted octanol–water partition coefficient (Wildman–Crippen LogP) is 2.90. The molecule has 0 saturated heterocycles. The Morgan fingerprint density at radius 2 is 1.65 bits per heavy atom. The Kier molecular flexibility index (Phi) is 5.14. The summed E-state index contributed by atoms with van der Waals surface area (Å²) in [5, 5.41) is 15.6. The lowest BCUT2D eigenvalue weighted by Crippen LogP contribution is -2.14.